The highest BCUT2D eigenvalue weighted by Crippen LogP contribution is 1.88. The fourth-order valence-corrected chi connectivity index (χ4v) is 0.838. The van der Waals surface area contributed by atoms with Crippen molar-refractivity contribution in [2.45, 2.75) is 13.3 Å². The van der Waals surface area contributed by atoms with Crippen molar-refractivity contribution in [2.75, 3.05) is 33.3 Å². The zero-order valence-electron chi connectivity index (χ0n) is 7.84. The lowest BCUT2D eigenvalue weighted by Gasteiger charge is -2.15. The molecule has 0 saturated heterocycles. The Morgan fingerprint density at radius 1 is 1.58 bits per heavy atom. The molecule has 0 saturated carbocycles. The van der Waals surface area contributed by atoms with Gasteiger partial charge in [-0.15, -0.1) is 0 Å². The molecular weight excluding hydrogens is 156 g/mol. The predicted molar refractivity (Wildman–Crippen MR) is 47.9 cm³/mol. The molecule has 0 aromatic heterocycles. The molecule has 72 valence electrons. The van der Waals surface area contributed by atoms with Gasteiger partial charge in [-0.05, 0) is 6.54 Å². The van der Waals surface area contributed by atoms with Gasteiger partial charge in [0.15, 0.2) is 0 Å². The molecule has 4 nitrogen and oxygen atoms in total. The van der Waals surface area contributed by atoms with E-state index in [1.165, 1.54) is 4.90 Å². The van der Waals surface area contributed by atoms with Crippen LogP contribution >= 0.6 is 0 Å². The van der Waals surface area contributed by atoms with E-state index in [1.54, 1.807) is 7.05 Å². The van der Waals surface area contributed by atoms with Gasteiger partial charge in [-0.25, -0.2) is 0 Å². The summed E-state index contributed by atoms with van der Waals surface area (Å²) in [7, 11) is 1.70. The molecule has 0 fully saturated rings. The first kappa shape index (κ1) is 11.4. The molecule has 0 unspecified atom stereocenters. The zero-order chi connectivity index (χ0) is 9.40. The normalized spacial score (nSPS) is 9.92. The Bertz CT molecular complexity index is 128. The number of amides is 1. The van der Waals surface area contributed by atoms with Crippen molar-refractivity contribution in [3.05, 3.63) is 0 Å². The Balaban J connectivity index is 3.43. The van der Waals surface area contributed by atoms with Gasteiger partial charge in [-0.3, -0.25) is 4.79 Å². The number of rotatable bonds is 6. The van der Waals surface area contributed by atoms with Gasteiger partial charge in [0.1, 0.15) is 0 Å². The van der Waals surface area contributed by atoms with Crippen LogP contribution in [0.25, 0.3) is 0 Å². The fourth-order valence-electron chi connectivity index (χ4n) is 0.838. The predicted octanol–water partition coefficient (Wildman–Crippen LogP) is -0.563. The Labute approximate surface area is 73.6 Å². The minimum atomic E-state index is 0.0312. The number of carbonyl (C=O) groups excluding carboxylic acids is 1. The second-order valence-electron chi connectivity index (χ2n) is 2.64. The molecule has 0 radical (unpaired) electrons. The van der Waals surface area contributed by atoms with Crippen LogP contribution in [0.1, 0.15) is 13.3 Å². The number of aliphatic hydroxyl groups is 1. The molecule has 0 heterocycles. The number of carbonyl (C=O) groups is 1. The topological polar surface area (TPSA) is 52.6 Å². The van der Waals surface area contributed by atoms with Crippen molar-refractivity contribution < 1.29 is 9.90 Å². The lowest BCUT2D eigenvalue weighted by Crippen LogP contribution is -2.31. The summed E-state index contributed by atoms with van der Waals surface area (Å²) in [6, 6.07) is 0. The molecule has 0 spiro atoms. The smallest absolute Gasteiger partial charge is 0.223 e. The first-order chi connectivity index (χ1) is 5.72. The highest BCUT2D eigenvalue weighted by atomic mass is 16.3. The van der Waals surface area contributed by atoms with Gasteiger partial charge in [-0.1, -0.05) is 6.92 Å². The molecule has 1 amide bonds. The van der Waals surface area contributed by atoms with Crippen LogP contribution in [-0.2, 0) is 4.79 Å². The Kier molecular flexibility index (Phi) is 6.70. The minimum Gasteiger partial charge on any atom is -0.395 e. The lowest BCUT2D eigenvalue weighted by atomic mass is 10.3. The third-order valence-electron chi connectivity index (χ3n) is 1.63. The molecule has 0 rings (SSSR count). The second-order valence-corrected chi connectivity index (χ2v) is 2.64. The molecule has 0 aliphatic heterocycles. The first-order valence-electron chi connectivity index (χ1n) is 4.28. The van der Waals surface area contributed by atoms with Gasteiger partial charge in [-0.2, -0.15) is 0 Å². The van der Waals surface area contributed by atoms with E-state index >= 15 is 0 Å². The van der Waals surface area contributed by atoms with Crippen molar-refractivity contribution in [1.29, 1.82) is 0 Å². The van der Waals surface area contributed by atoms with E-state index in [9.17, 15) is 4.79 Å². The van der Waals surface area contributed by atoms with E-state index in [1.807, 2.05) is 6.92 Å². The average molecular weight is 174 g/mol. The summed E-state index contributed by atoms with van der Waals surface area (Å²) in [5.74, 6) is 0.0741. The second kappa shape index (κ2) is 7.06. The van der Waals surface area contributed by atoms with Crippen LogP contribution in [0.2, 0.25) is 0 Å². The summed E-state index contributed by atoms with van der Waals surface area (Å²) in [6.45, 7) is 4.05. The van der Waals surface area contributed by atoms with Crippen molar-refractivity contribution in [1.82, 2.24) is 10.2 Å². The average Bonchev–Trinajstić information content (AvgIpc) is 2.05. The number of hydrogen-bond acceptors (Lipinski definition) is 3. The van der Waals surface area contributed by atoms with Gasteiger partial charge in [0, 0.05) is 26.6 Å². The quantitative estimate of drug-likeness (QED) is 0.531. The van der Waals surface area contributed by atoms with Crippen molar-refractivity contribution in [3.8, 4) is 0 Å². The largest absolute Gasteiger partial charge is 0.395 e. The summed E-state index contributed by atoms with van der Waals surface area (Å²) < 4.78 is 0. The minimum absolute atomic E-state index is 0.0312. The van der Waals surface area contributed by atoms with Crippen LogP contribution in [-0.4, -0.2) is 49.2 Å². The summed E-state index contributed by atoms with van der Waals surface area (Å²) in [6.07, 6.45) is 0.504. The van der Waals surface area contributed by atoms with Crippen LogP contribution < -0.4 is 5.32 Å². The molecule has 0 aromatic carbocycles. The molecule has 12 heavy (non-hydrogen) atoms. The molecule has 0 aromatic rings. The van der Waals surface area contributed by atoms with E-state index in [0.29, 0.717) is 19.5 Å². The van der Waals surface area contributed by atoms with Crippen LogP contribution in [0.4, 0.5) is 0 Å². The van der Waals surface area contributed by atoms with E-state index in [2.05, 4.69) is 5.32 Å². The number of nitrogens with one attached hydrogen (secondary N) is 1. The molecule has 4 heteroatoms. The number of nitrogens with zero attached hydrogens (tertiary/aromatic N) is 1. The van der Waals surface area contributed by atoms with Crippen LogP contribution in [0.5, 0.6) is 0 Å². The van der Waals surface area contributed by atoms with Crippen molar-refractivity contribution in [3.63, 3.8) is 0 Å². The van der Waals surface area contributed by atoms with E-state index < -0.39 is 0 Å². The van der Waals surface area contributed by atoms with Crippen molar-refractivity contribution in [2.24, 2.45) is 0 Å². The van der Waals surface area contributed by atoms with Gasteiger partial charge < -0.3 is 15.3 Å². The molecule has 0 atom stereocenters. The van der Waals surface area contributed by atoms with Crippen LogP contribution in [0.15, 0.2) is 0 Å². The standard InChI is InChI=1S/C8H18N2O2/c1-3-9-5-4-8(12)10(2)6-7-11/h9,11H,3-7H2,1-2H3. The summed E-state index contributed by atoms with van der Waals surface area (Å²) >= 11 is 0. The monoisotopic (exact) mass is 174 g/mol. The van der Waals surface area contributed by atoms with E-state index in [-0.39, 0.29) is 12.5 Å². The van der Waals surface area contributed by atoms with Crippen molar-refractivity contribution >= 4 is 5.91 Å². The number of likely N-dealkylation sites (N-methyl/N-ethyl adjacent to an activating group) is 1. The first-order valence-corrected chi connectivity index (χ1v) is 4.28. The molecule has 0 aliphatic rings. The summed E-state index contributed by atoms with van der Waals surface area (Å²) in [4.78, 5) is 12.7. The van der Waals surface area contributed by atoms with Gasteiger partial charge in [0.2, 0.25) is 5.91 Å². The lowest BCUT2D eigenvalue weighted by molar-refractivity contribution is -0.130. The maximum atomic E-state index is 11.2. The number of aliphatic hydroxyl groups excluding tert-OH is 1. The molecule has 2 N–H and O–H groups in total. The maximum Gasteiger partial charge on any atom is 0.223 e. The summed E-state index contributed by atoms with van der Waals surface area (Å²) in [5.41, 5.74) is 0. The third-order valence-corrected chi connectivity index (χ3v) is 1.63. The van der Waals surface area contributed by atoms with E-state index in [0.717, 1.165) is 6.54 Å². The van der Waals surface area contributed by atoms with Gasteiger partial charge in [0.25, 0.3) is 0 Å². The fraction of sp³-hybridized carbons (Fsp3) is 0.875. The highest BCUT2D eigenvalue weighted by Gasteiger charge is 2.05. The Morgan fingerprint density at radius 3 is 2.75 bits per heavy atom. The zero-order valence-corrected chi connectivity index (χ0v) is 7.84. The Hall–Kier alpha value is -0.610. The number of hydrogen-bond donors (Lipinski definition) is 2. The van der Waals surface area contributed by atoms with Gasteiger partial charge >= 0.3 is 0 Å². The summed E-state index contributed by atoms with van der Waals surface area (Å²) in [5, 5.41) is 11.6. The van der Waals surface area contributed by atoms with Crippen LogP contribution in [0, 0.1) is 0 Å². The van der Waals surface area contributed by atoms with E-state index in [4.69, 9.17) is 5.11 Å². The van der Waals surface area contributed by atoms with Gasteiger partial charge in [0.05, 0.1) is 6.61 Å². The SMILES string of the molecule is CCNCCC(=O)N(C)CCO. The third kappa shape index (κ3) is 5.09. The molecule has 0 aliphatic carbocycles. The molecular formula is C8H18N2O2. The maximum absolute atomic E-state index is 11.2. The Morgan fingerprint density at radius 2 is 2.25 bits per heavy atom. The highest BCUT2D eigenvalue weighted by molar-refractivity contribution is 5.76. The van der Waals surface area contributed by atoms with Crippen LogP contribution in [0.3, 0.4) is 0 Å². The molecule has 0 bridgehead atoms.